The minimum atomic E-state index is -1.44. The third kappa shape index (κ3) is 31.2. The highest BCUT2D eigenvalue weighted by Gasteiger charge is 2.34. The molecule has 0 heterocycles. The van der Waals surface area contributed by atoms with Crippen molar-refractivity contribution in [3.63, 3.8) is 0 Å². The summed E-state index contributed by atoms with van der Waals surface area (Å²) in [7, 11) is 0. The van der Waals surface area contributed by atoms with Crippen molar-refractivity contribution in [2.45, 2.75) is 257 Å². The predicted molar refractivity (Wildman–Crippen MR) is 204 cm³/mol. The molecule has 0 aliphatic heterocycles. The molecule has 0 amide bonds. The zero-order valence-electron chi connectivity index (χ0n) is 31.9. The van der Waals surface area contributed by atoms with Gasteiger partial charge in [0, 0.05) is 0 Å². The predicted octanol–water partition coefficient (Wildman–Crippen LogP) is 11.9. The minimum Gasteiger partial charge on any atom is -0.392 e. The number of aliphatic hydroxyl groups excluding tert-OH is 3. The summed E-state index contributed by atoms with van der Waals surface area (Å²) >= 11 is 0. The smallest absolute Gasteiger partial charge is 0.170 e. The Bertz CT molecular complexity index is 628. The molecule has 5 heteroatoms. The molecule has 0 radical (unpaired) electrons. The maximum Gasteiger partial charge on any atom is 0.170 e. The van der Waals surface area contributed by atoms with Gasteiger partial charge in [-0.05, 0) is 12.8 Å². The van der Waals surface area contributed by atoms with E-state index in [0.717, 1.165) is 38.5 Å². The summed E-state index contributed by atoms with van der Waals surface area (Å²) in [4.78, 5) is 12.8. The average Bonchev–Trinajstić information content (AvgIpc) is 3.05. The number of rotatable bonds is 39. The van der Waals surface area contributed by atoms with E-state index in [9.17, 15) is 20.1 Å². The van der Waals surface area contributed by atoms with Crippen LogP contribution in [0, 0.1) is 5.92 Å². The minimum absolute atomic E-state index is 0.381. The summed E-state index contributed by atoms with van der Waals surface area (Å²) in [5.41, 5.74) is 5.69. The molecule has 5 N–H and O–H groups in total. The van der Waals surface area contributed by atoms with Crippen molar-refractivity contribution < 1.29 is 20.1 Å². The lowest BCUT2D eigenvalue weighted by Gasteiger charge is -2.26. The van der Waals surface area contributed by atoms with Gasteiger partial charge in [-0.25, -0.2) is 0 Å². The number of hydrogen-bond acceptors (Lipinski definition) is 5. The van der Waals surface area contributed by atoms with Crippen molar-refractivity contribution in [3.8, 4) is 0 Å². The zero-order chi connectivity index (χ0) is 34.6. The second-order valence-electron chi connectivity index (χ2n) is 15.0. The normalized spacial score (nSPS) is 14.3. The van der Waals surface area contributed by atoms with Gasteiger partial charge >= 0.3 is 0 Å². The summed E-state index contributed by atoms with van der Waals surface area (Å²) in [6.07, 6.45) is 39.9. The van der Waals surface area contributed by atoms with Gasteiger partial charge in [-0.1, -0.05) is 226 Å². The van der Waals surface area contributed by atoms with Crippen molar-refractivity contribution in [2.24, 2.45) is 11.7 Å². The number of ketones is 1. The Morgan fingerprint density at radius 2 is 0.638 bits per heavy atom. The van der Waals surface area contributed by atoms with Crippen molar-refractivity contribution in [1.29, 1.82) is 0 Å². The highest BCUT2D eigenvalue weighted by Crippen LogP contribution is 2.21. The van der Waals surface area contributed by atoms with Gasteiger partial charge in [-0.2, -0.15) is 0 Å². The van der Waals surface area contributed by atoms with E-state index < -0.39 is 30.1 Å². The second-order valence-corrected chi connectivity index (χ2v) is 15.0. The maximum atomic E-state index is 12.8. The van der Waals surface area contributed by atoms with Gasteiger partial charge < -0.3 is 21.1 Å². The van der Waals surface area contributed by atoms with E-state index in [4.69, 9.17) is 5.73 Å². The standard InChI is InChI=1S/C42H85NO4/c1-3-5-7-9-11-13-15-17-18-19-20-21-22-23-25-27-29-31-33-35-37-39(45)41(46)40(42(43)47)38(44)36-34-32-30-28-26-24-16-14-12-10-8-6-4-2/h38-40,42,44-45,47H,3-37,43H2,1-2H3/t38-,39?,40-,42?/m1/s1. The number of hydrogen-bond donors (Lipinski definition) is 4. The quantitative estimate of drug-likeness (QED) is 0.0386. The summed E-state index contributed by atoms with van der Waals surface area (Å²) in [6, 6.07) is 0. The molecule has 0 aromatic heterocycles. The average molecular weight is 668 g/mol. The molecule has 0 bridgehead atoms. The van der Waals surface area contributed by atoms with Crippen LogP contribution in [-0.4, -0.2) is 39.5 Å². The molecule has 0 fully saturated rings. The Morgan fingerprint density at radius 3 is 0.894 bits per heavy atom. The first kappa shape index (κ1) is 46.5. The highest BCUT2D eigenvalue weighted by atomic mass is 16.3. The fourth-order valence-electron chi connectivity index (χ4n) is 7.09. The molecular formula is C42H85NO4. The van der Waals surface area contributed by atoms with E-state index in [1.54, 1.807) is 0 Å². The molecule has 4 atom stereocenters. The van der Waals surface area contributed by atoms with Crippen molar-refractivity contribution >= 4 is 5.78 Å². The van der Waals surface area contributed by atoms with E-state index in [1.807, 2.05) is 0 Å². The zero-order valence-corrected chi connectivity index (χ0v) is 31.9. The van der Waals surface area contributed by atoms with E-state index in [1.165, 1.54) is 173 Å². The summed E-state index contributed by atoms with van der Waals surface area (Å²) < 4.78 is 0. The molecule has 0 aliphatic rings. The number of nitrogens with two attached hydrogens (primary N) is 1. The number of unbranched alkanes of at least 4 members (excludes halogenated alkanes) is 31. The molecule has 0 aliphatic carbocycles. The molecule has 0 aromatic carbocycles. The molecule has 0 rings (SSSR count). The number of carbonyl (C=O) groups is 1. The Kier molecular flexibility index (Phi) is 36.4. The Labute approximate surface area is 294 Å². The first-order valence-electron chi connectivity index (χ1n) is 21.3. The summed E-state index contributed by atoms with van der Waals surface area (Å²) in [5, 5.41) is 31.2. The molecule has 5 nitrogen and oxygen atoms in total. The van der Waals surface area contributed by atoms with Crippen LogP contribution < -0.4 is 5.73 Å². The lowest BCUT2D eigenvalue weighted by atomic mass is 9.87. The van der Waals surface area contributed by atoms with Gasteiger partial charge in [0.25, 0.3) is 0 Å². The highest BCUT2D eigenvalue weighted by molar-refractivity contribution is 5.86. The van der Waals surface area contributed by atoms with Gasteiger partial charge in [0.05, 0.1) is 12.0 Å². The number of carbonyl (C=O) groups excluding carboxylic acids is 1. The molecule has 0 saturated carbocycles. The van der Waals surface area contributed by atoms with E-state index >= 15 is 0 Å². The fourth-order valence-corrected chi connectivity index (χ4v) is 7.09. The second kappa shape index (κ2) is 36.8. The SMILES string of the molecule is CCCCCCCCCCCCCCCCCCCCCCC(O)C(=O)[C@H](C(N)O)[C@H](O)CCCCCCCCCCCCCCC. The van der Waals surface area contributed by atoms with Crippen LogP contribution in [0.25, 0.3) is 0 Å². The monoisotopic (exact) mass is 668 g/mol. The third-order valence-electron chi connectivity index (χ3n) is 10.4. The molecule has 0 spiro atoms. The first-order valence-corrected chi connectivity index (χ1v) is 21.3. The molecule has 0 saturated heterocycles. The number of aliphatic hydroxyl groups is 3. The van der Waals surface area contributed by atoms with Gasteiger partial charge in [-0.15, -0.1) is 0 Å². The molecular weight excluding hydrogens is 582 g/mol. The molecule has 47 heavy (non-hydrogen) atoms. The van der Waals surface area contributed by atoms with Gasteiger partial charge in [-0.3, -0.25) is 4.79 Å². The summed E-state index contributed by atoms with van der Waals surface area (Å²) in [6.45, 7) is 4.54. The van der Waals surface area contributed by atoms with Crippen LogP contribution in [0.5, 0.6) is 0 Å². The van der Waals surface area contributed by atoms with Crippen molar-refractivity contribution in [2.75, 3.05) is 0 Å². The van der Waals surface area contributed by atoms with E-state index in [0.29, 0.717) is 12.8 Å². The van der Waals surface area contributed by atoms with Crippen LogP contribution in [0.4, 0.5) is 0 Å². The fraction of sp³-hybridized carbons (Fsp3) is 0.976. The Morgan fingerprint density at radius 1 is 0.404 bits per heavy atom. The lowest BCUT2D eigenvalue weighted by molar-refractivity contribution is -0.140. The van der Waals surface area contributed by atoms with E-state index in [2.05, 4.69) is 13.8 Å². The first-order chi connectivity index (χ1) is 23.0. The van der Waals surface area contributed by atoms with Crippen LogP contribution in [0.2, 0.25) is 0 Å². The molecule has 2 unspecified atom stereocenters. The largest absolute Gasteiger partial charge is 0.392 e. The van der Waals surface area contributed by atoms with Crippen LogP contribution in [0.3, 0.4) is 0 Å². The lowest BCUT2D eigenvalue weighted by Crippen LogP contribution is -2.47. The Hall–Kier alpha value is -0.490. The third-order valence-corrected chi connectivity index (χ3v) is 10.4. The molecule has 0 aromatic rings. The molecule has 282 valence electrons. The van der Waals surface area contributed by atoms with Crippen molar-refractivity contribution in [1.82, 2.24) is 0 Å². The van der Waals surface area contributed by atoms with E-state index in [-0.39, 0.29) is 0 Å². The van der Waals surface area contributed by atoms with Crippen LogP contribution in [-0.2, 0) is 4.79 Å². The maximum absolute atomic E-state index is 12.8. The van der Waals surface area contributed by atoms with Crippen molar-refractivity contribution in [3.05, 3.63) is 0 Å². The van der Waals surface area contributed by atoms with Gasteiger partial charge in [0.15, 0.2) is 5.78 Å². The summed E-state index contributed by atoms with van der Waals surface area (Å²) in [5.74, 6) is -1.60. The van der Waals surface area contributed by atoms with Crippen LogP contribution >= 0.6 is 0 Å². The number of Topliss-reactive ketones (excluding diaryl/α,β-unsaturated/α-hetero) is 1. The van der Waals surface area contributed by atoms with Gasteiger partial charge in [0.1, 0.15) is 12.3 Å². The topological polar surface area (TPSA) is 104 Å². The van der Waals surface area contributed by atoms with Gasteiger partial charge in [0.2, 0.25) is 0 Å². The van der Waals surface area contributed by atoms with Crippen LogP contribution in [0.15, 0.2) is 0 Å². The Balaban J connectivity index is 3.70. The van der Waals surface area contributed by atoms with Crippen LogP contribution in [0.1, 0.15) is 239 Å².